The van der Waals surface area contributed by atoms with Crippen molar-refractivity contribution in [3.05, 3.63) is 35.9 Å². The molecule has 17 heavy (non-hydrogen) atoms. The molecule has 0 spiro atoms. The number of ketones is 2. The Balaban J connectivity index is 2.23. The Morgan fingerprint density at radius 1 is 1.24 bits per heavy atom. The first-order valence-corrected chi connectivity index (χ1v) is 6.16. The molecular formula is C15H18O2. The Bertz CT molecular complexity index is 431. The number of hydrogen-bond donors (Lipinski definition) is 0. The van der Waals surface area contributed by atoms with Crippen LogP contribution in [0.3, 0.4) is 0 Å². The van der Waals surface area contributed by atoms with Gasteiger partial charge >= 0.3 is 0 Å². The van der Waals surface area contributed by atoms with Crippen molar-refractivity contribution in [2.24, 2.45) is 11.3 Å². The van der Waals surface area contributed by atoms with E-state index in [1.165, 1.54) is 0 Å². The molecule has 90 valence electrons. The number of carbonyl (C=O) groups is 2. The minimum atomic E-state index is -0.429. The molecule has 1 unspecified atom stereocenters. The van der Waals surface area contributed by atoms with Gasteiger partial charge < -0.3 is 0 Å². The van der Waals surface area contributed by atoms with Crippen LogP contribution in [0.1, 0.15) is 43.5 Å². The quantitative estimate of drug-likeness (QED) is 0.577. The van der Waals surface area contributed by atoms with Crippen molar-refractivity contribution >= 4 is 11.6 Å². The summed E-state index contributed by atoms with van der Waals surface area (Å²) >= 11 is 0. The molecule has 1 aliphatic carbocycles. The number of hydrogen-bond acceptors (Lipinski definition) is 2. The molecular weight excluding hydrogens is 212 g/mol. The van der Waals surface area contributed by atoms with Gasteiger partial charge in [-0.3, -0.25) is 9.59 Å². The fourth-order valence-corrected chi connectivity index (χ4v) is 2.53. The third kappa shape index (κ3) is 2.31. The van der Waals surface area contributed by atoms with Crippen molar-refractivity contribution in [2.75, 3.05) is 0 Å². The SMILES string of the molecule is CC1(C)CCCC(C(=O)c2ccccc2)C1=O. The largest absolute Gasteiger partial charge is 0.298 e. The van der Waals surface area contributed by atoms with Gasteiger partial charge in [0, 0.05) is 11.0 Å². The van der Waals surface area contributed by atoms with Crippen LogP contribution in [0, 0.1) is 11.3 Å². The Labute approximate surface area is 102 Å². The molecule has 0 N–H and O–H groups in total. The average molecular weight is 230 g/mol. The van der Waals surface area contributed by atoms with Crippen molar-refractivity contribution in [2.45, 2.75) is 33.1 Å². The summed E-state index contributed by atoms with van der Waals surface area (Å²) in [7, 11) is 0. The molecule has 2 nitrogen and oxygen atoms in total. The Hall–Kier alpha value is -1.44. The van der Waals surface area contributed by atoms with Crippen LogP contribution in [-0.4, -0.2) is 11.6 Å². The smallest absolute Gasteiger partial charge is 0.173 e. The second-order valence-corrected chi connectivity index (χ2v) is 5.42. The van der Waals surface area contributed by atoms with E-state index in [1.807, 2.05) is 32.0 Å². The molecule has 1 aromatic rings. The van der Waals surface area contributed by atoms with E-state index in [1.54, 1.807) is 12.1 Å². The molecule has 0 aromatic heterocycles. The first-order chi connectivity index (χ1) is 8.02. The highest BCUT2D eigenvalue weighted by atomic mass is 16.2. The zero-order valence-electron chi connectivity index (χ0n) is 10.4. The Morgan fingerprint density at radius 3 is 2.53 bits per heavy atom. The minimum Gasteiger partial charge on any atom is -0.298 e. The summed E-state index contributed by atoms with van der Waals surface area (Å²) in [5.41, 5.74) is 0.316. The predicted octanol–water partition coefficient (Wildman–Crippen LogP) is 3.26. The molecule has 1 atom stereocenters. The molecule has 0 bridgehead atoms. The summed E-state index contributed by atoms with van der Waals surface area (Å²) in [5.74, 6) is -0.331. The summed E-state index contributed by atoms with van der Waals surface area (Å²) in [6.07, 6.45) is 2.56. The van der Waals surface area contributed by atoms with Crippen LogP contribution in [0.25, 0.3) is 0 Å². The van der Waals surface area contributed by atoms with E-state index in [9.17, 15) is 9.59 Å². The molecule has 1 aromatic carbocycles. The normalized spacial score (nSPS) is 23.4. The standard InChI is InChI=1S/C15H18O2/c1-15(2)10-6-9-12(14(15)17)13(16)11-7-4-3-5-8-11/h3-5,7-8,12H,6,9-10H2,1-2H3. The van der Waals surface area contributed by atoms with Gasteiger partial charge in [0.05, 0.1) is 5.92 Å². The van der Waals surface area contributed by atoms with Crippen molar-refractivity contribution in [3.63, 3.8) is 0 Å². The first-order valence-electron chi connectivity index (χ1n) is 6.16. The lowest BCUT2D eigenvalue weighted by Crippen LogP contribution is -2.39. The highest BCUT2D eigenvalue weighted by Crippen LogP contribution is 2.36. The molecule has 0 radical (unpaired) electrons. The van der Waals surface area contributed by atoms with Crippen LogP contribution in [0.5, 0.6) is 0 Å². The molecule has 1 aliphatic rings. The van der Waals surface area contributed by atoms with Crippen molar-refractivity contribution < 1.29 is 9.59 Å². The van der Waals surface area contributed by atoms with Crippen LogP contribution in [-0.2, 0) is 4.79 Å². The third-order valence-corrected chi connectivity index (χ3v) is 3.65. The van der Waals surface area contributed by atoms with E-state index in [0.717, 1.165) is 12.8 Å². The van der Waals surface area contributed by atoms with Gasteiger partial charge in [-0.05, 0) is 12.8 Å². The molecule has 0 saturated heterocycles. The van der Waals surface area contributed by atoms with Crippen LogP contribution in [0.4, 0.5) is 0 Å². The lowest BCUT2D eigenvalue weighted by molar-refractivity contribution is -0.132. The topological polar surface area (TPSA) is 34.1 Å². The van der Waals surface area contributed by atoms with Gasteiger partial charge in [0.15, 0.2) is 5.78 Å². The van der Waals surface area contributed by atoms with Crippen LogP contribution in [0.2, 0.25) is 0 Å². The van der Waals surface area contributed by atoms with E-state index < -0.39 is 5.92 Å². The lowest BCUT2D eigenvalue weighted by atomic mass is 9.69. The highest BCUT2D eigenvalue weighted by Gasteiger charge is 2.40. The summed E-state index contributed by atoms with van der Waals surface area (Å²) in [6.45, 7) is 3.89. The molecule has 1 fully saturated rings. The maximum absolute atomic E-state index is 12.3. The lowest BCUT2D eigenvalue weighted by Gasteiger charge is -2.32. The van der Waals surface area contributed by atoms with Gasteiger partial charge in [-0.2, -0.15) is 0 Å². The maximum atomic E-state index is 12.3. The monoisotopic (exact) mass is 230 g/mol. The first kappa shape index (κ1) is 12.0. The van der Waals surface area contributed by atoms with E-state index in [2.05, 4.69) is 0 Å². The molecule has 1 saturated carbocycles. The van der Waals surface area contributed by atoms with Gasteiger partial charge in [0.25, 0.3) is 0 Å². The summed E-state index contributed by atoms with van der Waals surface area (Å²) in [6, 6.07) is 9.13. The third-order valence-electron chi connectivity index (χ3n) is 3.65. The average Bonchev–Trinajstić information content (AvgIpc) is 2.33. The zero-order chi connectivity index (χ0) is 12.5. The van der Waals surface area contributed by atoms with Crippen LogP contribution < -0.4 is 0 Å². The van der Waals surface area contributed by atoms with E-state index >= 15 is 0 Å². The summed E-state index contributed by atoms with van der Waals surface area (Å²) in [5, 5.41) is 0. The molecule has 0 heterocycles. The number of benzene rings is 1. The Kier molecular flexibility index (Phi) is 3.14. The van der Waals surface area contributed by atoms with E-state index in [0.29, 0.717) is 12.0 Å². The Morgan fingerprint density at radius 2 is 1.88 bits per heavy atom. The summed E-state index contributed by atoms with van der Waals surface area (Å²) in [4.78, 5) is 24.5. The fourth-order valence-electron chi connectivity index (χ4n) is 2.53. The number of rotatable bonds is 2. The van der Waals surface area contributed by atoms with Crippen molar-refractivity contribution in [1.29, 1.82) is 0 Å². The molecule has 0 aliphatic heterocycles. The van der Waals surface area contributed by atoms with Crippen molar-refractivity contribution in [3.8, 4) is 0 Å². The minimum absolute atomic E-state index is 0.0108. The fraction of sp³-hybridized carbons (Fsp3) is 0.467. The zero-order valence-corrected chi connectivity index (χ0v) is 10.4. The van der Waals surface area contributed by atoms with Crippen molar-refractivity contribution in [1.82, 2.24) is 0 Å². The maximum Gasteiger partial charge on any atom is 0.173 e. The van der Waals surface area contributed by atoms with Gasteiger partial charge in [-0.1, -0.05) is 50.6 Å². The number of Topliss-reactive ketones (excluding diaryl/α,β-unsaturated/α-hetero) is 2. The second kappa shape index (κ2) is 4.44. The second-order valence-electron chi connectivity index (χ2n) is 5.42. The van der Waals surface area contributed by atoms with Gasteiger partial charge in [-0.15, -0.1) is 0 Å². The van der Waals surface area contributed by atoms with Gasteiger partial charge in [-0.25, -0.2) is 0 Å². The van der Waals surface area contributed by atoms with E-state index in [4.69, 9.17) is 0 Å². The van der Waals surface area contributed by atoms with Gasteiger partial charge in [0.1, 0.15) is 5.78 Å². The van der Waals surface area contributed by atoms with Crippen LogP contribution >= 0.6 is 0 Å². The van der Waals surface area contributed by atoms with E-state index in [-0.39, 0.29) is 17.0 Å². The molecule has 0 amide bonds. The molecule has 2 heteroatoms. The molecule has 2 rings (SSSR count). The van der Waals surface area contributed by atoms with Gasteiger partial charge in [0.2, 0.25) is 0 Å². The summed E-state index contributed by atoms with van der Waals surface area (Å²) < 4.78 is 0. The number of carbonyl (C=O) groups excluding carboxylic acids is 2. The highest BCUT2D eigenvalue weighted by molar-refractivity contribution is 6.12. The predicted molar refractivity (Wildman–Crippen MR) is 66.9 cm³/mol. The van der Waals surface area contributed by atoms with Crippen LogP contribution in [0.15, 0.2) is 30.3 Å².